The van der Waals surface area contributed by atoms with Gasteiger partial charge in [0.05, 0.1) is 32.1 Å². The van der Waals surface area contributed by atoms with E-state index in [0.29, 0.717) is 19.3 Å². The third kappa shape index (κ3) is 3.38. The van der Waals surface area contributed by atoms with E-state index < -0.39 is 0 Å². The van der Waals surface area contributed by atoms with Crippen LogP contribution in [0.3, 0.4) is 0 Å². The monoisotopic (exact) mass is 357 g/mol. The molecule has 0 N–H and O–H groups in total. The smallest absolute Gasteiger partial charge is 0.164 e. The van der Waals surface area contributed by atoms with Crippen molar-refractivity contribution in [1.29, 1.82) is 0 Å². The van der Waals surface area contributed by atoms with Crippen LogP contribution in [0.15, 0.2) is 18.2 Å². The van der Waals surface area contributed by atoms with Crippen molar-refractivity contribution in [3.8, 4) is 17.2 Å². The van der Waals surface area contributed by atoms with Crippen molar-refractivity contribution in [2.75, 3.05) is 33.4 Å². The number of benzene rings is 1. The molecule has 1 saturated heterocycles. The predicted octanol–water partition coefficient (Wildman–Crippen LogP) is 3.12. The standard InChI is InChI=1S/C20H27N3O3/c1-14-9-15(2)23(21-14)17-5-6-22(13-17)12-16-10-19-20(11-18(16)24-3)26-8-4-7-25-19/h9-11,17H,4-8,12-13H2,1-3H3/t17-/m0/s1. The van der Waals surface area contributed by atoms with Gasteiger partial charge in [-0.15, -0.1) is 0 Å². The van der Waals surface area contributed by atoms with Gasteiger partial charge < -0.3 is 14.2 Å². The SMILES string of the molecule is COc1cc2c(cc1CN1CC[C@H](n3nc(C)cc3C)C1)OCCCO2. The summed E-state index contributed by atoms with van der Waals surface area (Å²) in [5, 5.41) is 4.66. The van der Waals surface area contributed by atoms with Crippen LogP contribution in [0.5, 0.6) is 17.2 Å². The summed E-state index contributed by atoms with van der Waals surface area (Å²) in [7, 11) is 1.71. The summed E-state index contributed by atoms with van der Waals surface area (Å²) in [6.45, 7) is 8.47. The number of hydrogen-bond donors (Lipinski definition) is 0. The number of ether oxygens (including phenoxy) is 3. The van der Waals surface area contributed by atoms with Crippen molar-refractivity contribution in [1.82, 2.24) is 14.7 Å². The Labute approximate surface area is 154 Å². The van der Waals surface area contributed by atoms with E-state index in [1.54, 1.807) is 7.11 Å². The fraction of sp³-hybridized carbons (Fsp3) is 0.550. The topological polar surface area (TPSA) is 48.8 Å². The lowest BCUT2D eigenvalue weighted by molar-refractivity contribution is 0.296. The van der Waals surface area contributed by atoms with Gasteiger partial charge in [0.1, 0.15) is 5.75 Å². The van der Waals surface area contributed by atoms with E-state index in [4.69, 9.17) is 14.2 Å². The van der Waals surface area contributed by atoms with E-state index in [9.17, 15) is 0 Å². The largest absolute Gasteiger partial charge is 0.496 e. The minimum atomic E-state index is 0.440. The first-order valence-corrected chi connectivity index (χ1v) is 9.35. The Morgan fingerprint density at radius 2 is 1.92 bits per heavy atom. The Morgan fingerprint density at radius 3 is 2.62 bits per heavy atom. The zero-order chi connectivity index (χ0) is 18.1. The van der Waals surface area contributed by atoms with Gasteiger partial charge in [0.15, 0.2) is 11.5 Å². The summed E-state index contributed by atoms with van der Waals surface area (Å²) < 4.78 is 19.4. The lowest BCUT2D eigenvalue weighted by atomic mass is 10.1. The molecule has 140 valence electrons. The number of rotatable bonds is 4. The average molecular weight is 357 g/mol. The second-order valence-electron chi connectivity index (χ2n) is 7.21. The zero-order valence-corrected chi connectivity index (χ0v) is 15.8. The first kappa shape index (κ1) is 17.2. The van der Waals surface area contributed by atoms with E-state index in [2.05, 4.69) is 40.7 Å². The van der Waals surface area contributed by atoms with Crippen LogP contribution in [0.25, 0.3) is 0 Å². The fourth-order valence-electron chi connectivity index (χ4n) is 3.96. The number of fused-ring (bicyclic) bond motifs is 1. The van der Waals surface area contributed by atoms with Crippen molar-refractivity contribution in [2.45, 2.75) is 39.3 Å². The van der Waals surface area contributed by atoms with Gasteiger partial charge in [0.25, 0.3) is 0 Å². The lowest BCUT2D eigenvalue weighted by Gasteiger charge is -2.20. The second kappa shape index (κ2) is 7.19. The number of aryl methyl sites for hydroxylation is 2. The van der Waals surface area contributed by atoms with E-state index >= 15 is 0 Å². The summed E-state index contributed by atoms with van der Waals surface area (Å²) in [4.78, 5) is 2.46. The summed E-state index contributed by atoms with van der Waals surface area (Å²) in [6.07, 6.45) is 2.03. The molecule has 3 heterocycles. The molecule has 1 atom stereocenters. The van der Waals surface area contributed by atoms with Crippen molar-refractivity contribution >= 4 is 0 Å². The van der Waals surface area contributed by atoms with Crippen LogP contribution < -0.4 is 14.2 Å². The molecule has 0 radical (unpaired) electrons. The third-order valence-electron chi connectivity index (χ3n) is 5.18. The van der Waals surface area contributed by atoms with Gasteiger partial charge in [-0.1, -0.05) is 0 Å². The van der Waals surface area contributed by atoms with Gasteiger partial charge in [0.2, 0.25) is 0 Å². The summed E-state index contributed by atoms with van der Waals surface area (Å²) in [5.74, 6) is 2.47. The van der Waals surface area contributed by atoms with Crippen molar-refractivity contribution in [3.63, 3.8) is 0 Å². The van der Waals surface area contributed by atoms with Gasteiger partial charge in [0, 0.05) is 43.4 Å². The molecule has 1 fully saturated rings. The molecular formula is C20H27N3O3. The summed E-state index contributed by atoms with van der Waals surface area (Å²) in [5.41, 5.74) is 3.47. The van der Waals surface area contributed by atoms with Crippen molar-refractivity contribution < 1.29 is 14.2 Å². The summed E-state index contributed by atoms with van der Waals surface area (Å²) in [6, 6.07) is 6.63. The van der Waals surface area contributed by atoms with Gasteiger partial charge in [-0.2, -0.15) is 5.10 Å². The lowest BCUT2D eigenvalue weighted by Crippen LogP contribution is -2.22. The molecule has 2 aromatic rings. The predicted molar refractivity (Wildman–Crippen MR) is 99.2 cm³/mol. The normalized spacial score (nSPS) is 20.2. The van der Waals surface area contributed by atoms with Crippen LogP contribution in [0.1, 0.15) is 35.8 Å². The number of likely N-dealkylation sites (tertiary alicyclic amines) is 1. The maximum Gasteiger partial charge on any atom is 0.164 e. The van der Waals surface area contributed by atoms with Gasteiger partial charge in [-0.05, 0) is 32.4 Å². The highest BCUT2D eigenvalue weighted by atomic mass is 16.5. The van der Waals surface area contributed by atoms with E-state index in [0.717, 1.165) is 61.0 Å². The third-order valence-corrected chi connectivity index (χ3v) is 5.18. The molecule has 0 bridgehead atoms. The first-order chi connectivity index (χ1) is 12.6. The Balaban J connectivity index is 1.50. The van der Waals surface area contributed by atoms with Crippen molar-refractivity contribution in [2.24, 2.45) is 0 Å². The molecule has 0 unspecified atom stereocenters. The molecule has 6 nitrogen and oxygen atoms in total. The van der Waals surface area contributed by atoms with Gasteiger partial charge >= 0.3 is 0 Å². The molecule has 0 aliphatic carbocycles. The Kier molecular flexibility index (Phi) is 4.76. The zero-order valence-electron chi connectivity index (χ0n) is 15.8. The Morgan fingerprint density at radius 1 is 1.15 bits per heavy atom. The van der Waals surface area contributed by atoms with Crippen LogP contribution in [0.4, 0.5) is 0 Å². The maximum atomic E-state index is 5.85. The van der Waals surface area contributed by atoms with Crippen LogP contribution in [0.2, 0.25) is 0 Å². The molecule has 2 aliphatic rings. The molecule has 1 aromatic heterocycles. The van der Waals surface area contributed by atoms with Gasteiger partial charge in [-0.25, -0.2) is 0 Å². The quantitative estimate of drug-likeness (QED) is 0.841. The van der Waals surface area contributed by atoms with Crippen LogP contribution in [0, 0.1) is 13.8 Å². The minimum absolute atomic E-state index is 0.440. The molecular weight excluding hydrogens is 330 g/mol. The van der Waals surface area contributed by atoms with Crippen LogP contribution in [-0.2, 0) is 6.54 Å². The highest BCUT2D eigenvalue weighted by molar-refractivity contribution is 5.51. The molecule has 4 rings (SSSR count). The first-order valence-electron chi connectivity index (χ1n) is 9.35. The Hall–Kier alpha value is -2.21. The average Bonchev–Trinajstić information content (AvgIpc) is 3.13. The minimum Gasteiger partial charge on any atom is -0.496 e. The van der Waals surface area contributed by atoms with Gasteiger partial charge in [-0.3, -0.25) is 9.58 Å². The number of nitrogens with zero attached hydrogens (tertiary/aromatic N) is 3. The van der Waals surface area contributed by atoms with Crippen LogP contribution >= 0.6 is 0 Å². The second-order valence-corrected chi connectivity index (χ2v) is 7.21. The maximum absolute atomic E-state index is 5.85. The molecule has 6 heteroatoms. The number of aromatic nitrogens is 2. The van der Waals surface area contributed by atoms with E-state index in [-0.39, 0.29) is 0 Å². The molecule has 1 aromatic carbocycles. The van der Waals surface area contributed by atoms with Crippen molar-refractivity contribution in [3.05, 3.63) is 35.2 Å². The van der Waals surface area contributed by atoms with E-state index in [1.165, 1.54) is 5.69 Å². The summed E-state index contributed by atoms with van der Waals surface area (Å²) >= 11 is 0. The molecule has 2 aliphatic heterocycles. The molecule has 0 saturated carbocycles. The number of methoxy groups -OCH3 is 1. The molecule has 0 amide bonds. The molecule has 26 heavy (non-hydrogen) atoms. The Bertz CT molecular complexity index is 787. The molecule has 0 spiro atoms. The fourth-order valence-corrected chi connectivity index (χ4v) is 3.96. The number of hydrogen-bond acceptors (Lipinski definition) is 5. The highest BCUT2D eigenvalue weighted by Gasteiger charge is 2.27. The highest BCUT2D eigenvalue weighted by Crippen LogP contribution is 2.37. The van der Waals surface area contributed by atoms with Crippen LogP contribution in [-0.4, -0.2) is 48.1 Å². The van der Waals surface area contributed by atoms with E-state index in [1.807, 2.05) is 6.07 Å².